The maximum Gasteiger partial charge on any atom is 2.00 e. The van der Waals surface area contributed by atoms with E-state index in [9.17, 15) is 0 Å². The van der Waals surface area contributed by atoms with Crippen LogP contribution in [0.1, 0.15) is 12.5 Å². The maximum atomic E-state index is 3.25. The summed E-state index contributed by atoms with van der Waals surface area (Å²) < 4.78 is 2.05. The van der Waals surface area contributed by atoms with Crippen molar-refractivity contribution < 1.29 is 19.5 Å². The second-order valence-electron chi connectivity index (χ2n) is 1.52. The Labute approximate surface area is 95.7 Å². The average Bonchev–Trinajstić information content (AvgIpc) is 2.10. The van der Waals surface area contributed by atoms with Gasteiger partial charge in [-0.15, -0.1) is 39.2 Å². The first kappa shape index (κ1) is 14.0. The van der Waals surface area contributed by atoms with Crippen molar-refractivity contribution in [2.24, 2.45) is 0 Å². The molecule has 0 atom stereocenters. The molecule has 0 N–H and O–H groups in total. The van der Waals surface area contributed by atoms with E-state index in [1.165, 1.54) is 5.56 Å². The Balaban J connectivity index is 0. The molecule has 0 aromatic heterocycles. The van der Waals surface area contributed by atoms with Crippen LogP contribution in [0.4, 0.5) is 0 Å². The van der Waals surface area contributed by atoms with E-state index in [4.69, 9.17) is 0 Å². The first-order valence-electron chi connectivity index (χ1n) is 3.12. The second kappa shape index (κ2) is 10.4. The Kier molecular flexibility index (Phi) is 13.3. The minimum Gasteiger partial charge on any atom is -0.346 e. The minimum absolute atomic E-state index is 0. The van der Waals surface area contributed by atoms with Gasteiger partial charge in [0.15, 0.2) is 0 Å². The number of rotatable bonds is 1. The quantitative estimate of drug-likeness (QED) is 0.423. The van der Waals surface area contributed by atoms with Crippen LogP contribution in [-0.2, 0) is 19.5 Å². The van der Waals surface area contributed by atoms with Gasteiger partial charge in [-0.1, -0.05) is 6.07 Å². The maximum absolute atomic E-state index is 3.25. The standard InChI is InChI=1S/C7H6I.C2H5.Zn/c8-6-7-4-2-1-3-5-7;1-2;/h1-6H;1H2,2H3;/q2*-1;+2. The molecule has 0 aliphatic rings. The molecule has 1 aromatic carbocycles. The molecule has 0 saturated heterocycles. The van der Waals surface area contributed by atoms with Crippen LogP contribution >= 0.6 is 22.6 Å². The van der Waals surface area contributed by atoms with Crippen molar-refractivity contribution in [2.45, 2.75) is 6.92 Å². The van der Waals surface area contributed by atoms with Gasteiger partial charge in [0.25, 0.3) is 0 Å². The molecule has 0 radical (unpaired) electrons. The summed E-state index contributed by atoms with van der Waals surface area (Å²) in [6, 6.07) is 10.2. The van der Waals surface area contributed by atoms with Gasteiger partial charge in [-0.3, -0.25) is 0 Å². The Morgan fingerprint density at radius 2 is 1.64 bits per heavy atom. The molecule has 0 nitrogen and oxygen atoms in total. The smallest absolute Gasteiger partial charge is 0.346 e. The first-order valence-corrected chi connectivity index (χ1v) is 4.37. The summed E-state index contributed by atoms with van der Waals surface area (Å²) in [7, 11) is 0. The molecular weight excluding hydrogens is 300 g/mol. The topological polar surface area (TPSA) is 0 Å². The first-order chi connectivity index (χ1) is 4.93. The molecule has 2 heteroatoms. The summed E-state index contributed by atoms with van der Waals surface area (Å²) in [4.78, 5) is 0. The fourth-order valence-corrected chi connectivity index (χ4v) is 0.941. The largest absolute Gasteiger partial charge is 2.00 e. The molecule has 0 aliphatic heterocycles. The van der Waals surface area contributed by atoms with Gasteiger partial charge >= 0.3 is 19.5 Å². The second-order valence-corrected chi connectivity index (χ2v) is 2.14. The molecular formula is C9H11IZn. The third-order valence-corrected chi connectivity index (χ3v) is 1.64. The molecule has 0 aliphatic carbocycles. The van der Waals surface area contributed by atoms with Crippen molar-refractivity contribution in [1.29, 1.82) is 0 Å². The van der Waals surface area contributed by atoms with Gasteiger partial charge < -0.3 is 6.92 Å². The molecule has 0 bridgehead atoms. The summed E-state index contributed by atoms with van der Waals surface area (Å²) in [6.45, 7) is 5.00. The van der Waals surface area contributed by atoms with Gasteiger partial charge in [0.1, 0.15) is 0 Å². The van der Waals surface area contributed by atoms with Crippen LogP contribution in [0, 0.1) is 11.4 Å². The van der Waals surface area contributed by atoms with Crippen molar-refractivity contribution >= 4 is 22.6 Å². The minimum atomic E-state index is 0. The normalized spacial score (nSPS) is 6.82. The number of benzene rings is 1. The predicted octanol–water partition coefficient (Wildman–Crippen LogP) is 3.47. The van der Waals surface area contributed by atoms with E-state index in [0.717, 1.165) is 0 Å². The Bertz CT molecular complexity index is 151. The third kappa shape index (κ3) is 6.83. The zero-order chi connectivity index (χ0) is 7.82. The summed E-state index contributed by atoms with van der Waals surface area (Å²) >= 11 is 2.23. The zero-order valence-electron chi connectivity index (χ0n) is 6.76. The molecule has 0 unspecified atom stereocenters. The number of hydrogen-bond donors (Lipinski definition) is 0. The monoisotopic (exact) mass is 310 g/mol. The number of halogens is 1. The van der Waals surface area contributed by atoms with E-state index in [2.05, 4.69) is 46.1 Å². The molecule has 0 saturated carbocycles. The van der Waals surface area contributed by atoms with Gasteiger partial charge in [0.05, 0.1) is 0 Å². The van der Waals surface area contributed by atoms with Crippen LogP contribution in [0.2, 0.25) is 0 Å². The molecule has 0 fully saturated rings. The van der Waals surface area contributed by atoms with Gasteiger partial charge in [-0.05, 0) is 0 Å². The average molecular weight is 311 g/mol. The van der Waals surface area contributed by atoms with E-state index in [0.29, 0.717) is 0 Å². The van der Waals surface area contributed by atoms with Crippen LogP contribution in [-0.4, -0.2) is 0 Å². The molecule has 0 amide bonds. The van der Waals surface area contributed by atoms with E-state index >= 15 is 0 Å². The van der Waals surface area contributed by atoms with Crippen molar-refractivity contribution in [3.8, 4) is 0 Å². The van der Waals surface area contributed by atoms with Gasteiger partial charge in [-0.2, -0.15) is 24.6 Å². The van der Waals surface area contributed by atoms with Crippen molar-refractivity contribution in [3.63, 3.8) is 0 Å². The Morgan fingerprint density at radius 3 is 1.91 bits per heavy atom. The van der Waals surface area contributed by atoms with E-state index in [1.54, 1.807) is 6.92 Å². The fraction of sp³-hybridized carbons (Fsp3) is 0.111. The van der Waals surface area contributed by atoms with Crippen LogP contribution in [0.25, 0.3) is 0 Å². The van der Waals surface area contributed by atoms with Crippen LogP contribution < -0.4 is 0 Å². The van der Waals surface area contributed by atoms with Gasteiger partial charge in [0, 0.05) is 0 Å². The molecule has 11 heavy (non-hydrogen) atoms. The Hall–Kier alpha value is 0.443. The van der Waals surface area contributed by atoms with Crippen molar-refractivity contribution in [2.75, 3.05) is 0 Å². The SMILES string of the molecule is I[CH-]c1ccccc1.[CH2-]C.[Zn+2]. The molecule has 1 aromatic rings. The summed E-state index contributed by atoms with van der Waals surface area (Å²) in [5.74, 6) is 0. The number of hydrogen-bond acceptors (Lipinski definition) is 0. The van der Waals surface area contributed by atoms with Gasteiger partial charge in [-0.25, -0.2) is 0 Å². The van der Waals surface area contributed by atoms with Crippen LogP contribution in [0.5, 0.6) is 0 Å². The summed E-state index contributed by atoms with van der Waals surface area (Å²) in [5.41, 5.74) is 1.27. The molecule has 56 valence electrons. The van der Waals surface area contributed by atoms with E-state index in [1.807, 2.05) is 18.2 Å². The molecule has 1 rings (SSSR count). The summed E-state index contributed by atoms with van der Waals surface area (Å²) in [6.07, 6.45) is 0. The molecule has 0 heterocycles. The van der Waals surface area contributed by atoms with Crippen LogP contribution in [0.15, 0.2) is 30.3 Å². The third-order valence-electron chi connectivity index (χ3n) is 0.926. The molecule has 0 spiro atoms. The van der Waals surface area contributed by atoms with Crippen LogP contribution in [0.3, 0.4) is 0 Å². The summed E-state index contributed by atoms with van der Waals surface area (Å²) in [5, 5.41) is 0. The van der Waals surface area contributed by atoms with E-state index < -0.39 is 0 Å². The van der Waals surface area contributed by atoms with Crippen molar-refractivity contribution in [1.82, 2.24) is 0 Å². The Morgan fingerprint density at radius 1 is 1.18 bits per heavy atom. The fourth-order valence-electron chi connectivity index (χ4n) is 0.526. The predicted molar refractivity (Wildman–Crippen MR) is 54.9 cm³/mol. The van der Waals surface area contributed by atoms with E-state index in [-0.39, 0.29) is 19.5 Å². The zero-order valence-corrected chi connectivity index (χ0v) is 11.9. The van der Waals surface area contributed by atoms with Gasteiger partial charge in [0.2, 0.25) is 0 Å². The van der Waals surface area contributed by atoms with Crippen molar-refractivity contribution in [3.05, 3.63) is 47.2 Å².